The summed E-state index contributed by atoms with van der Waals surface area (Å²) >= 11 is 3.20. The van der Waals surface area contributed by atoms with Gasteiger partial charge in [-0.3, -0.25) is 4.79 Å². The second-order valence-corrected chi connectivity index (χ2v) is 8.79. The molecule has 4 aromatic rings. The summed E-state index contributed by atoms with van der Waals surface area (Å²) in [6, 6.07) is 6.16. The van der Waals surface area contributed by atoms with Crippen molar-refractivity contribution in [3.05, 3.63) is 40.6 Å². The molecule has 0 atom stereocenters. The first-order valence-electron chi connectivity index (χ1n) is 9.63. The number of benzene rings is 1. The van der Waals surface area contributed by atoms with Crippen molar-refractivity contribution < 1.29 is 9.53 Å². The van der Waals surface area contributed by atoms with E-state index >= 15 is 0 Å². The Hall–Kier alpha value is -2.62. The first kappa shape index (κ1) is 20.6. The molecule has 1 aromatic carbocycles. The lowest BCUT2D eigenvalue weighted by molar-refractivity contribution is -0.130. The number of aryl methyl sites for hydroxylation is 2. The van der Waals surface area contributed by atoms with E-state index in [4.69, 9.17) is 9.72 Å². The third-order valence-electron chi connectivity index (χ3n) is 4.82. The summed E-state index contributed by atoms with van der Waals surface area (Å²) in [6.45, 7) is 3.09. The summed E-state index contributed by atoms with van der Waals surface area (Å²) in [4.78, 5) is 31.3. The van der Waals surface area contributed by atoms with Gasteiger partial charge in [0.25, 0.3) is 0 Å². The van der Waals surface area contributed by atoms with Crippen molar-refractivity contribution in [2.45, 2.75) is 19.8 Å². The Morgan fingerprint density at radius 2 is 2.13 bits per heavy atom. The number of methoxy groups -OCH3 is 1. The highest BCUT2D eigenvalue weighted by molar-refractivity contribution is 7.16. The van der Waals surface area contributed by atoms with Gasteiger partial charge < -0.3 is 14.6 Å². The fourth-order valence-electron chi connectivity index (χ4n) is 3.14. The number of carbonyl (C=O) groups excluding carboxylic acids is 1. The minimum absolute atomic E-state index is 0.0720. The number of likely N-dealkylation sites (N-methyl/N-ethyl adjacent to an activating group) is 1. The number of amides is 1. The van der Waals surface area contributed by atoms with Crippen LogP contribution in [0.3, 0.4) is 0 Å². The van der Waals surface area contributed by atoms with E-state index in [-0.39, 0.29) is 5.91 Å². The van der Waals surface area contributed by atoms with Crippen LogP contribution < -0.4 is 0 Å². The number of imidazole rings is 1. The average Bonchev–Trinajstić information content (AvgIpc) is 3.48. The van der Waals surface area contributed by atoms with E-state index in [1.807, 2.05) is 29.9 Å². The van der Waals surface area contributed by atoms with Crippen LogP contribution >= 0.6 is 22.7 Å². The fraction of sp³-hybridized carbons (Fsp3) is 0.333. The number of ether oxygens (including phenoxy) is 1. The lowest BCUT2D eigenvalue weighted by atomic mass is 10.1. The molecule has 9 heteroatoms. The predicted octanol–water partition coefficient (Wildman–Crippen LogP) is 4.16. The molecule has 4 rings (SSSR count). The molecule has 0 saturated heterocycles. The standard InChI is InChI=1S/C21H23N5O2S2/c1-13-11-29-21(23-13)20-19(14-4-5-15-16(10-14)30-12-22-15)24-17(25-20)6-7-18(27)26(2)8-9-28-3/h4-5,10-12H,6-9H2,1-3H3,(H,24,25). The Kier molecular flexibility index (Phi) is 6.21. The molecule has 0 bridgehead atoms. The molecule has 0 aliphatic carbocycles. The Labute approximate surface area is 182 Å². The number of hydrogen-bond donors (Lipinski definition) is 1. The zero-order chi connectivity index (χ0) is 21.1. The quantitative estimate of drug-likeness (QED) is 0.444. The van der Waals surface area contributed by atoms with Crippen molar-refractivity contribution in [2.24, 2.45) is 0 Å². The molecule has 0 fully saturated rings. The Bertz CT molecular complexity index is 1160. The molecule has 3 heterocycles. The SMILES string of the molecule is COCCN(C)C(=O)CCc1nc(-c2ccc3ncsc3c2)c(-c2nc(C)cs2)[nH]1. The number of nitrogens with zero attached hydrogens (tertiary/aromatic N) is 4. The normalized spacial score (nSPS) is 11.3. The summed E-state index contributed by atoms with van der Waals surface area (Å²) in [5, 5.41) is 2.93. The van der Waals surface area contributed by atoms with Gasteiger partial charge in [-0.2, -0.15) is 0 Å². The number of carbonyl (C=O) groups is 1. The molecule has 30 heavy (non-hydrogen) atoms. The van der Waals surface area contributed by atoms with Gasteiger partial charge in [0.1, 0.15) is 16.5 Å². The Balaban J connectivity index is 1.62. The highest BCUT2D eigenvalue weighted by Gasteiger charge is 2.18. The molecule has 0 spiro atoms. The number of aromatic nitrogens is 4. The highest BCUT2D eigenvalue weighted by Crippen LogP contribution is 2.34. The van der Waals surface area contributed by atoms with Crippen LogP contribution in [-0.2, 0) is 16.0 Å². The van der Waals surface area contributed by atoms with Gasteiger partial charge in [-0.1, -0.05) is 6.07 Å². The number of aromatic amines is 1. The molecule has 156 valence electrons. The summed E-state index contributed by atoms with van der Waals surface area (Å²) in [5.41, 5.74) is 6.57. The van der Waals surface area contributed by atoms with E-state index in [1.54, 1.807) is 41.7 Å². The maximum atomic E-state index is 12.4. The number of H-pyrrole nitrogens is 1. The van der Waals surface area contributed by atoms with Crippen molar-refractivity contribution in [1.82, 2.24) is 24.8 Å². The molecule has 0 radical (unpaired) electrons. The molecule has 0 aliphatic heterocycles. The maximum Gasteiger partial charge on any atom is 0.222 e. The third-order valence-corrected chi connectivity index (χ3v) is 6.59. The first-order chi connectivity index (χ1) is 14.5. The van der Waals surface area contributed by atoms with E-state index in [9.17, 15) is 4.79 Å². The van der Waals surface area contributed by atoms with Crippen LogP contribution in [0.15, 0.2) is 29.1 Å². The second-order valence-electron chi connectivity index (χ2n) is 7.04. The predicted molar refractivity (Wildman–Crippen MR) is 121 cm³/mol. The number of thiazole rings is 2. The number of nitrogens with one attached hydrogen (secondary N) is 1. The summed E-state index contributed by atoms with van der Waals surface area (Å²) in [5.74, 6) is 0.855. The van der Waals surface area contributed by atoms with Crippen LogP contribution in [0.25, 0.3) is 32.2 Å². The van der Waals surface area contributed by atoms with E-state index in [1.165, 1.54) is 0 Å². The number of hydrogen-bond acceptors (Lipinski definition) is 7. The summed E-state index contributed by atoms with van der Waals surface area (Å²) < 4.78 is 6.17. The summed E-state index contributed by atoms with van der Waals surface area (Å²) in [7, 11) is 3.43. The van der Waals surface area contributed by atoms with Crippen molar-refractivity contribution in [1.29, 1.82) is 0 Å². The fourth-order valence-corrected chi connectivity index (χ4v) is 4.66. The van der Waals surface area contributed by atoms with Gasteiger partial charge in [0.15, 0.2) is 0 Å². The van der Waals surface area contributed by atoms with Gasteiger partial charge in [0.2, 0.25) is 5.91 Å². The average molecular weight is 442 g/mol. The van der Waals surface area contributed by atoms with Gasteiger partial charge >= 0.3 is 0 Å². The zero-order valence-electron chi connectivity index (χ0n) is 17.1. The molecule has 1 amide bonds. The lowest BCUT2D eigenvalue weighted by Crippen LogP contribution is -2.30. The highest BCUT2D eigenvalue weighted by atomic mass is 32.1. The van der Waals surface area contributed by atoms with Crippen molar-refractivity contribution in [2.75, 3.05) is 27.3 Å². The van der Waals surface area contributed by atoms with E-state index in [2.05, 4.69) is 21.0 Å². The molecule has 0 saturated carbocycles. The maximum absolute atomic E-state index is 12.4. The van der Waals surface area contributed by atoms with Crippen molar-refractivity contribution >= 4 is 38.8 Å². The van der Waals surface area contributed by atoms with Crippen LogP contribution in [0.2, 0.25) is 0 Å². The summed E-state index contributed by atoms with van der Waals surface area (Å²) in [6.07, 6.45) is 0.924. The largest absolute Gasteiger partial charge is 0.383 e. The van der Waals surface area contributed by atoms with E-state index < -0.39 is 0 Å². The topological polar surface area (TPSA) is 84.0 Å². The minimum Gasteiger partial charge on any atom is -0.383 e. The Morgan fingerprint density at radius 3 is 2.90 bits per heavy atom. The van der Waals surface area contributed by atoms with Crippen LogP contribution in [0.4, 0.5) is 0 Å². The van der Waals surface area contributed by atoms with Gasteiger partial charge in [-0.05, 0) is 19.1 Å². The molecular formula is C21H23N5O2S2. The van der Waals surface area contributed by atoms with Crippen LogP contribution in [0.1, 0.15) is 17.9 Å². The van der Waals surface area contributed by atoms with E-state index in [0.29, 0.717) is 26.0 Å². The van der Waals surface area contributed by atoms with Gasteiger partial charge in [0, 0.05) is 50.2 Å². The molecule has 7 nitrogen and oxygen atoms in total. The van der Waals surface area contributed by atoms with E-state index in [0.717, 1.165) is 43.7 Å². The van der Waals surface area contributed by atoms with Crippen LogP contribution in [-0.4, -0.2) is 58.1 Å². The van der Waals surface area contributed by atoms with Gasteiger partial charge in [0.05, 0.1) is 28.0 Å². The zero-order valence-corrected chi connectivity index (χ0v) is 18.8. The minimum atomic E-state index is 0.0720. The monoisotopic (exact) mass is 441 g/mol. The van der Waals surface area contributed by atoms with Gasteiger partial charge in [-0.15, -0.1) is 22.7 Å². The molecule has 3 aromatic heterocycles. The smallest absolute Gasteiger partial charge is 0.222 e. The van der Waals surface area contributed by atoms with Crippen molar-refractivity contribution in [3.8, 4) is 22.0 Å². The number of rotatable bonds is 8. The molecule has 1 N–H and O–H groups in total. The van der Waals surface area contributed by atoms with Crippen LogP contribution in [0.5, 0.6) is 0 Å². The first-order valence-corrected chi connectivity index (χ1v) is 11.4. The third kappa shape index (κ3) is 4.43. The Morgan fingerprint density at radius 1 is 1.27 bits per heavy atom. The molecule has 0 aliphatic rings. The van der Waals surface area contributed by atoms with Crippen molar-refractivity contribution in [3.63, 3.8) is 0 Å². The molecular weight excluding hydrogens is 418 g/mol. The number of fused-ring (bicyclic) bond motifs is 1. The lowest BCUT2D eigenvalue weighted by Gasteiger charge is -2.15. The molecule has 0 unspecified atom stereocenters. The van der Waals surface area contributed by atoms with Gasteiger partial charge in [-0.25, -0.2) is 15.0 Å². The van der Waals surface area contributed by atoms with Crippen LogP contribution in [0, 0.1) is 6.92 Å². The second kappa shape index (κ2) is 9.03.